The van der Waals surface area contributed by atoms with Crippen molar-refractivity contribution in [2.24, 2.45) is 5.41 Å². The highest BCUT2D eigenvalue weighted by Crippen LogP contribution is 2.57. The van der Waals surface area contributed by atoms with Crippen molar-refractivity contribution in [2.75, 3.05) is 6.54 Å². The summed E-state index contributed by atoms with van der Waals surface area (Å²) in [4.78, 5) is 0.567. The van der Waals surface area contributed by atoms with Crippen LogP contribution < -0.4 is 0 Å². The Balaban J connectivity index is 2.01. The van der Waals surface area contributed by atoms with Gasteiger partial charge in [-0.25, -0.2) is 8.42 Å². The molecule has 0 radical (unpaired) electrons. The Morgan fingerprint density at radius 3 is 2.36 bits per heavy atom. The fourth-order valence-electron chi connectivity index (χ4n) is 3.63. The van der Waals surface area contributed by atoms with Crippen molar-refractivity contribution in [3.05, 3.63) is 29.8 Å². The quantitative estimate of drug-likeness (QED) is 0.636. The van der Waals surface area contributed by atoms with Crippen LogP contribution in [0.2, 0.25) is 0 Å². The summed E-state index contributed by atoms with van der Waals surface area (Å²) >= 11 is 7.57. The molecule has 1 aromatic rings. The molecule has 1 aliphatic carbocycles. The lowest BCUT2D eigenvalue weighted by molar-refractivity contribution is 0.224. The smallest absolute Gasteiger partial charge is 0.207 e. The van der Waals surface area contributed by atoms with Crippen molar-refractivity contribution in [3.63, 3.8) is 0 Å². The van der Waals surface area contributed by atoms with Crippen LogP contribution in [0.15, 0.2) is 29.2 Å². The predicted octanol–water partition coefficient (Wildman–Crippen LogP) is 4.09. The lowest BCUT2D eigenvalue weighted by Gasteiger charge is -2.44. The molecule has 2 aliphatic rings. The second kappa shape index (κ2) is 5.30. The number of rotatable bonds is 2. The van der Waals surface area contributed by atoms with Gasteiger partial charge in [-0.2, -0.15) is 4.31 Å². The number of halogens is 2. The zero-order chi connectivity index (χ0) is 16.3. The van der Waals surface area contributed by atoms with Gasteiger partial charge in [0.2, 0.25) is 10.0 Å². The summed E-state index contributed by atoms with van der Waals surface area (Å²) in [5, 5.41) is 0. The van der Waals surface area contributed by atoms with E-state index in [2.05, 4.69) is 45.7 Å². The molecule has 1 saturated heterocycles. The SMILES string of the molecule is Cc1ccc(S(=O)(=O)N2C[C@]3(C)C[C@@H]2[C@H](Br)C[C@@]3(C)Br)cc1. The first-order chi connectivity index (χ1) is 10.1. The van der Waals surface area contributed by atoms with Gasteiger partial charge < -0.3 is 0 Å². The molecule has 122 valence electrons. The first-order valence-electron chi connectivity index (χ1n) is 7.48. The van der Waals surface area contributed by atoms with Crippen molar-refractivity contribution in [1.82, 2.24) is 4.31 Å². The molecule has 0 aromatic heterocycles. The molecule has 3 rings (SSSR count). The zero-order valence-electron chi connectivity index (χ0n) is 13.0. The van der Waals surface area contributed by atoms with Crippen LogP contribution in [-0.4, -0.2) is 34.5 Å². The predicted molar refractivity (Wildman–Crippen MR) is 96.2 cm³/mol. The van der Waals surface area contributed by atoms with Gasteiger partial charge in [-0.15, -0.1) is 0 Å². The summed E-state index contributed by atoms with van der Waals surface area (Å²) in [6, 6.07) is 7.17. The van der Waals surface area contributed by atoms with E-state index in [0.717, 1.165) is 18.4 Å². The fourth-order valence-corrected chi connectivity index (χ4v) is 7.76. The number of hydrogen-bond acceptors (Lipinski definition) is 2. The molecule has 0 N–H and O–H groups in total. The van der Waals surface area contributed by atoms with Crippen molar-refractivity contribution >= 4 is 41.9 Å². The molecule has 1 heterocycles. The molecule has 1 aromatic carbocycles. The van der Waals surface area contributed by atoms with E-state index in [-0.39, 0.29) is 20.6 Å². The molecule has 2 bridgehead atoms. The minimum absolute atomic E-state index is 0.0296. The number of sulfonamides is 1. The van der Waals surface area contributed by atoms with Crippen LogP contribution >= 0.6 is 31.9 Å². The van der Waals surface area contributed by atoms with Crippen LogP contribution in [0.25, 0.3) is 0 Å². The van der Waals surface area contributed by atoms with Crippen LogP contribution in [0.3, 0.4) is 0 Å². The standard InChI is InChI=1S/C16H21Br2NO2S/c1-11-4-6-12(7-5-11)22(20,21)19-10-15(2)9-14(19)13(17)8-16(15,3)18/h4-7,13-14H,8-10H2,1-3H3/t13-,14-,15+,16-/m1/s1. The second-order valence-electron chi connectivity index (χ2n) is 7.11. The first-order valence-corrected chi connectivity index (χ1v) is 10.6. The molecular weight excluding hydrogens is 430 g/mol. The third-order valence-corrected chi connectivity index (χ3v) is 9.52. The van der Waals surface area contributed by atoms with Gasteiger partial charge in [-0.05, 0) is 44.2 Å². The molecular formula is C16H21Br2NO2S. The van der Waals surface area contributed by atoms with Crippen molar-refractivity contribution < 1.29 is 8.42 Å². The summed E-state index contributed by atoms with van der Waals surface area (Å²) in [6.07, 6.45) is 1.81. The summed E-state index contributed by atoms with van der Waals surface area (Å²) in [5.74, 6) is 0. The number of hydrogen-bond donors (Lipinski definition) is 0. The van der Waals surface area contributed by atoms with E-state index in [0.29, 0.717) is 11.4 Å². The maximum Gasteiger partial charge on any atom is 0.243 e. The molecule has 2 fully saturated rings. The highest BCUT2D eigenvalue weighted by Gasteiger charge is 2.60. The van der Waals surface area contributed by atoms with Gasteiger partial charge >= 0.3 is 0 Å². The highest BCUT2D eigenvalue weighted by molar-refractivity contribution is 9.10. The van der Waals surface area contributed by atoms with Crippen molar-refractivity contribution in [2.45, 2.75) is 53.7 Å². The van der Waals surface area contributed by atoms with E-state index < -0.39 is 10.0 Å². The van der Waals surface area contributed by atoms with Gasteiger partial charge in [0.15, 0.2) is 0 Å². The highest BCUT2D eigenvalue weighted by atomic mass is 79.9. The van der Waals surface area contributed by atoms with E-state index in [1.54, 1.807) is 16.4 Å². The van der Waals surface area contributed by atoms with Gasteiger partial charge in [-0.1, -0.05) is 56.5 Å². The molecule has 1 aliphatic heterocycles. The maximum absolute atomic E-state index is 13.1. The lowest BCUT2D eigenvalue weighted by Crippen LogP contribution is -2.46. The molecule has 1 saturated carbocycles. The van der Waals surface area contributed by atoms with Gasteiger partial charge in [-0.3, -0.25) is 0 Å². The van der Waals surface area contributed by atoms with E-state index >= 15 is 0 Å². The summed E-state index contributed by atoms with van der Waals surface area (Å²) < 4.78 is 27.8. The van der Waals surface area contributed by atoms with Gasteiger partial charge in [0.1, 0.15) is 0 Å². The third kappa shape index (κ3) is 2.50. The van der Waals surface area contributed by atoms with E-state index in [9.17, 15) is 8.42 Å². The summed E-state index contributed by atoms with van der Waals surface area (Å²) in [5.41, 5.74) is 1.03. The average Bonchev–Trinajstić information content (AvgIpc) is 2.76. The Bertz CT molecular complexity index is 687. The van der Waals surface area contributed by atoms with Crippen molar-refractivity contribution in [3.8, 4) is 0 Å². The first kappa shape index (κ1) is 16.9. The van der Waals surface area contributed by atoms with Crippen LogP contribution in [0.5, 0.6) is 0 Å². The molecule has 0 spiro atoms. The van der Waals surface area contributed by atoms with Gasteiger partial charge in [0.25, 0.3) is 0 Å². The number of alkyl halides is 2. The van der Waals surface area contributed by atoms with E-state index in [1.807, 2.05) is 19.1 Å². The van der Waals surface area contributed by atoms with E-state index in [1.165, 1.54) is 0 Å². The Kier molecular flexibility index (Phi) is 4.08. The normalized spacial score (nSPS) is 39.1. The number of nitrogens with zero attached hydrogens (tertiary/aromatic N) is 1. The monoisotopic (exact) mass is 449 g/mol. The minimum Gasteiger partial charge on any atom is -0.207 e. The molecule has 22 heavy (non-hydrogen) atoms. The lowest BCUT2D eigenvalue weighted by atomic mass is 9.69. The van der Waals surface area contributed by atoms with Crippen LogP contribution in [-0.2, 0) is 10.0 Å². The third-order valence-electron chi connectivity index (χ3n) is 5.42. The van der Waals surface area contributed by atoms with Gasteiger partial charge in [0.05, 0.1) is 4.90 Å². The Morgan fingerprint density at radius 2 is 1.77 bits per heavy atom. The number of fused-ring (bicyclic) bond motifs is 2. The number of aryl methyl sites for hydroxylation is 1. The molecule has 0 amide bonds. The fraction of sp³-hybridized carbons (Fsp3) is 0.625. The van der Waals surface area contributed by atoms with Crippen LogP contribution in [0, 0.1) is 12.3 Å². The molecule has 4 atom stereocenters. The van der Waals surface area contributed by atoms with Crippen LogP contribution in [0.4, 0.5) is 0 Å². The molecule has 0 unspecified atom stereocenters. The largest absolute Gasteiger partial charge is 0.243 e. The number of benzene rings is 1. The van der Waals surface area contributed by atoms with E-state index in [4.69, 9.17) is 0 Å². The van der Waals surface area contributed by atoms with Gasteiger partial charge in [0, 0.05) is 21.7 Å². The summed E-state index contributed by atoms with van der Waals surface area (Å²) in [6.45, 7) is 6.90. The maximum atomic E-state index is 13.1. The Morgan fingerprint density at radius 1 is 1.18 bits per heavy atom. The van der Waals surface area contributed by atoms with Crippen molar-refractivity contribution in [1.29, 1.82) is 0 Å². The second-order valence-corrected chi connectivity index (χ2v) is 11.9. The minimum atomic E-state index is -3.45. The Hall–Kier alpha value is 0.0900. The zero-order valence-corrected chi connectivity index (χ0v) is 17.0. The topological polar surface area (TPSA) is 37.4 Å². The average molecular weight is 451 g/mol. The molecule has 3 nitrogen and oxygen atoms in total. The van der Waals surface area contributed by atoms with Crippen LogP contribution in [0.1, 0.15) is 32.3 Å². The Labute approximate surface area is 149 Å². The molecule has 6 heteroatoms. The summed E-state index contributed by atoms with van der Waals surface area (Å²) in [7, 11) is -3.45.